The molecule has 0 spiro atoms. The van der Waals surface area contributed by atoms with Crippen LogP contribution in [0.5, 0.6) is 5.75 Å². The topological polar surface area (TPSA) is 81.9 Å². The maximum atomic E-state index is 12.6. The number of para-hydroxylation sites is 1. The highest BCUT2D eigenvalue weighted by atomic mass is 16.5. The van der Waals surface area contributed by atoms with Crippen molar-refractivity contribution in [2.24, 2.45) is 0 Å². The van der Waals surface area contributed by atoms with Crippen molar-refractivity contribution >= 4 is 5.91 Å². The van der Waals surface area contributed by atoms with Gasteiger partial charge in [0.2, 0.25) is 0 Å². The number of rotatable bonds is 3. The number of fused-ring (bicyclic) bond motifs is 1. The van der Waals surface area contributed by atoms with E-state index in [9.17, 15) is 4.79 Å². The van der Waals surface area contributed by atoms with E-state index in [2.05, 4.69) is 20.4 Å². The van der Waals surface area contributed by atoms with Crippen LogP contribution in [0.2, 0.25) is 0 Å². The van der Waals surface area contributed by atoms with Gasteiger partial charge in [0, 0.05) is 23.7 Å². The van der Waals surface area contributed by atoms with Gasteiger partial charge >= 0.3 is 0 Å². The second-order valence-corrected chi connectivity index (χ2v) is 5.44. The van der Waals surface area contributed by atoms with E-state index < -0.39 is 0 Å². The molecule has 0 bridgehead atoms. The van der Waals surface area contributed by atoms with Crippen molar-refractivity contribution in [3.63, 3.8) is 0 Å². The van der Waals surface area contributed by atoms with Crippen molar-refractivity contribution < 1.29 is 9.53 Å². The lowest BCUT2D eigenvalue weighted by Gasteiger charge is -2.26. The van der Waals surface area contributed by atoms with Gasteiger partial charge in [-0.05, 0) is 18.2 Å². The molecule has 0 saturated heterocycles. The van der Waals surface area contributed by atoms with Crippen LogP contribution >= 0.6 is 0 Å². The zero-order valence-corrected chi connectivity index (χ0v) is 12.8. The van der Waals surface area contributed by atoms with E-state index in [0.29, 0.717) is 18.0 Å². The van der Waals surface area contributed by atoms with Crippen molar-refractivity contribution in [3.05, 3.63) is 66.4 Å². The van der Waals surface area contributed by atoms with Crippen molar-refractivity contribution in [2.45, 2.75) is 12.5 Å². The summed E-state index contributed by atoms with van der Waals surface area (Å²) in [5.41, 5.74) is 1.53. The average molecular weight is 321 g/mol. The van der Waals surface area contributed by atoms with Gasteiger partial charge in [-0.2, -0.15) is 5.10 Å². The SMILES string of the molecule is O=C(N[C@H]1CCOc2ccccc21)c1ccnc(-n2cncn2)c1. The smallest absolute Gasteiger partial charge is 0.251 e. The fourth-order valence-corrected chi connectivity index (χ4v) is 2.75. The molecule has 7 nitrogen and oxygen atoms in total. The molecular weight excluding hydrogens is 306 g/mol. The number of ether oxygens (including phenoxy) is 1. The van der Waals surface area contributed by atoms with Crippen molar-refractivity contribution in [3.8, 4) is 11.6 Å². The molecule has 1 N–H and O–H groups in total. The van der Waals surface area contributed by atoms with Gasteiger partial charge in [0.1, 0.15) is 18.4 Å². The minimum atomic E-state index is -0.152. The number of pyridine rings is 1. The van der Waals surface area contributed by atoms with Gasteiger partial charge in [-0.3, -0.25) is 4.79 Å². The predicted octanol–water partition coefficient (Wildman–Crippen LogP) is 1.92. The van der Waals surface area contributed by atoms with Gasteiger partial charge in [0.15, 0.2) is 5.82 Å². The highest BCUT2D eigenvalue weighted by Crippen LogP contribution is 2.31. The lowest BCUT2D eigenvalue weighted by molar-refractivity contribution is 0.0924. The first-order chi connectivity index (χ1) is 11.8. The number of aromatic nitrogens is 4. The molecule has 2 aromatic heterocycles. The van der Waals surface area contributed by atoms with Gasteiger partial charge in [0.25, 0.3) is 5.91 Å². The Kier molecular flexibility index (Phi) is 3.66. The van der Waals surface area contributed by atoms with E-state index in [4.69, 9.17) is 4.74 Å². The third-order valence-electron chi connectivity index (χ3n) is 3.93. The van der Waals surface area contributed by atoms with Gasteiger partial charge < -0.3 is 10.1 Å². The molecule has 24 heavy (non-hydrogen) atoms. The Labute approximate surface area is 138 Å². The van der Waals surface area contributed by atoms with E-state index in [0.717, 1.165) is 17.7 Å². The quantitative estimate of drug-likeness (QED) is 0.797. The van der Waals surface area contributed by atoms with E-state index in [-0.39, 0.29) is 11.9 Å². The molecule has 1 amide bonds. The fourth-order valence-electron chi connectivity index (χ4n) is 2.75. The van der Waals surface area contributed by atoms with Crippen molar-refractivity contribution in [1.82, 2.24) is 25.1 Å². The van der Waals surface area contributed by atoms with E-state index >= 15 is 0 Å². The summed E-state index contributed by atoms with van der Waals surface area (Å²) in [6.45, 7) is 0.586. The third-order valence-corrected chi connectivity index (χ3v) is 3.93. The Morgan fingerprint density at radius 3 is 3.08 bits per heavy atom. The number of nitrogens with one attached hydrogen (secondary N) is 1. The summed E-state index contributed by atoms with van der Waals surface area (Å²) in [6, 6.07) is 11.1. The molecule has 0 aliphatic carbocycles. The van der Waals surface area contributed by atoms with Crippen LogP contribution in [0.25, 0.3) is 5.82 Å². The second kappa shape index (κ2) is 6.11. The molecule has 1 aliphatic rings. The summed E-state index contributed by atoms with van der Waals surface area (Å²) in [5.74, 6) is 1.22. The van der Waals surface area contributed by atoms with Crippen LogP contribution in [0.4, 0.5) is 0 Å². The molecule has 1 aromatic carbocycles. The molecule has 3 heterocycles. The zero-order chi connectivity index (χ0) is 16.4. The lowest BCUT2D eigenvalue weighted by atomic mass is 10.0. The summed E-state index contributed by atoms with van der Waals surface area (Å²) in [4.78, 5) is 20.7. The number of carbonyl (C=O) groups is 1. The van der Waals surface area contributed by atoms with Gasteiger partial charge in [-0.1, -0.05) is 18.2 Å². The molecule has 0 saturated carbocycles. The fraction of sp³-hybridized carbons (Fsp3) is 0.176. The molecule has 0 fully saturated rings. The normalized spacial score (nSPS) is 16.1. The minimum Gasteiger partial charge on any atom is -0.493 e. The lowest BCUT2D eigenvalue weighted by Crippen LogP contribution is -2.32. The van der Waals surface area contributed by atoms with Crippen LogP contribution in [0.15, 0.2) is 55.2 Å². The molecule has 1 aliphatic heterocycles. The monoisotopic (exact) mass is 321 g/mol. The highest BCUT2D eigenvalue weighted by molar-refractivity contribution is 5.94. The second-order valence-electron chi connectivity index (χ2n) is 5.44. The Balaban J connectivity index is 1.56. The van der Waals surface area contributed by atoms with E-state index in [1.165, 1.54) is 11.0 Å². The summed E-state index contributed by atoms with van der Waals surface area (Å²) in [7, 11) is 0. The summed E-state index contributed by atoms with van der Waals surface area (Å²) >= 11 is 0. The predicted molar refractivity (Wildman–Crippen MR) is 85.9 cm³/mol. The number of nitrogens with zero attached hydrogens (tertiary/aromatic N) is 4. The Hall–Kier alpha value is -3.22. The zero-order valence-electron chi connectivity index (χ0n) is 12.8. The summed E-state index contributed by atoms with van der Waals surface area (Å²) < 4.78 is 7.14. The maximum absolute atomic E-state index is 12.6. The van der Waals surface area contributed by atoms with E-state index in [1.807, 2.05) is 24.3 Å². The maximum Gasteiger partial charge on any atom is 0.251 e. The van der Waals surface area contributed by atoms with Crippen LogP contribution in [-0.4, -0.2) is 32.3 Å². The third kappa shape index (κ3) is 2.71. The largest absolute Gasteiger partial charge is 0.493 e. The number of hydrogen-bond donors (Lipinski definition) is 1. The first-order valence-corrected chi connectivity index (χ1v) is 7.65. The van der Waals surface area contributed by atoms with Crippen LogP contribution in [0.1, 0.15) is 28.4 Å². The highest BCUT2D eigenvalue weighted by Gasteiger charge is 2.23. The molecule has 0 unspecified atom stereocenters. The molecular formula is C17H15N5O2. The van der Waals surface area contributed by atoms with E-state index in [1.54, 1.807) is 24.7 Å². The van der Waals surface area contributed by atoms with Crippen LogP contribution < -0.4 is 10.1 Å². The number of hydrogen-bond acceptors (Lipinski definition) is 5. The minimum absolute atomic E-state index is 0.0644. The number of amides is 1. The molecule has 120 valence electrons. The van der Waals surface area contributed by atoms with Crippen molar-refractivity contribution in [2.75, 3.05) is 6.61 Å². The average Bonchev–Trinajstić information content (AvgIpc) is 3.17. The molecule has 4 rings (SSSR count). The molecule has 7 heteroatoms. The number of carbonyl (C=O) groups excluding carboxylic acids is 1. The summed E-state index contributed by atoms with van der Waals surface area (Å²) in [6.07, 6.45) is 5.29. The first kappa shape index (κ1) is 14.4. The Morgan fingerprint density at radius 1 is 1.29 bits per heavy atom. The van der Waals surface area contributed by atoms with Crippen molar-refractivity contribution in [1.29, 1.82) is 0 Å². The van der Waals surface area contributed by atoms with Gasteiger partial charge in [0.05, 0.1) is 12.6 Å². The Morgan fingerprint density at radius 2 is 2.21 bits per heavy atom. The Bertz CT molecular complexity index is 863. The van der Waals surface area contributed by atoms with Crippen LogP contribution in [0.3, 0.4) is 0 Å². The molecule has 0 radical (unpaired) electrons. The summed E-state index contributed by atoms with van der Waals surface area (Å²) in [5, 5.41) is 7.10. The molecule has 1 atom stereocenters. The molecule has 3 aromatic rings. The van der Waals surface area contributed by atoms with Gasteiger partial charge in [-0.25, -0.2) is 14.6 Å². The van der Waals surface area contributed by atoms with Crippen LogP contribution in [-0.2, 0) is 0 Å². The van der Waals surface area contributed by atoms with Crippen LogP contribution in [0, 0.1) is 0 Å². The first-order valence-electron chi connectivity index (χ1n) is 7.65. The standard InChI is InChI=1S/C17H15N5O2/c23-17(12-5-7-19-16(9-12)22-11-18-10-20-22)21-14-6-8-24-15-4-2-1-3-13(14)15/h1-5,7,9-11,14H,6,8H2,(H,21,23)/t14-/m0/s1. The van der Waals surface area contributed by atoms with Gasteiger partial charge in [-0.15, -0.1) is 0 Å². The number of benzene rings is 1.